The van der Waals surface area contributed by atoms with Gasteiger partial charge in [-0.2, -0.15) is 0 Å². The van der Waals surface area contributed by atoms with Crippen molar-refractivity contribution in [2.45, 2.75) is 30.4 Å². The molecular weight excluding hydrogens is 482 g/mol. The van der Waals surface area contributed by atoms with Gasteiger partial charge >= 0.3 is 0 Å². The van der Waals surface area contributed by atoms with E-state index in [1.165, 1.54) is 0 Å². The molecule has 6 nitrogen and oxygen atoms in total. The molecule has 0 radical (unpaired) electrons. The van der Waals surface area contributed by atoms with Gasteiger partial charge in [0.05, 0.1) is 4.83 Å². The maximum atomic E-state index is 12.9. The highest BCUT2D eigenvalue weighted by Gasteiger charge is 2.30. The number of alkyl halides is 1. The first kappa shape index (κ1) is 24.2. The summed E-state index contributed by atoms with van der Waals surface area (Å²) in [5, 5.41) is 8.08. The molecule has 0 bridgehead atoms. The van der Waals surface area contributed by atoms with Crippen LogP contribution in [0.5, 0.6) is 0 Å². The number of amides is 3. The summed E-state index contributed by atoms with van der Waals surface area (Å²) in [5.41, 5.74) is 2.75. The van der Waals surface area contributed by atoms with E-state index in [0.29, 0.717) is 6.42 Å². The predicted octanol–water partition coefficient (Wildman–Crippen LogP) is 3.11. The number of rotatable bonds is 10. The minimum atomic E-state index is -1.36. The summed E-state index contributed by atoms with van der Waals surface area (Å²) in [6, 6.07) is 26.9. The van der Waals surface area contributed by atoms with Crippen molar-refractivity contribution < 1.29 is 14.4 Å². The van der Waals surface area contributed by atoms with E-state index < -0.39 is 28.6 Å². The lowest BCUT2D eigenvalue weighted by atomic mass is 10.1. The van der Waals surface area contributed by atoms with Gasteiger partial charge < -0.3 is 16.0 Å². The van der Waals surface area contributed by atoms with Crippen molar-refractivity contribution in [2.75, 3.05) is 0 Å². The quantitative estimate of drug-likeness (QED) is 0.291. The average molecular weight is 508 g/mol. The molecule has 1 atom stereocenters. The topological polar surface area (TPSA) is 87.3 Å². The maximum absolute atomic E-state index is 12.9. The zero-order valence-electron chi connectivity index (χ0n) is 18.0. The number of benzene rings is 3. The van der Waals surface area contributed by atoms with E-state index in [9.17, 15) is 14.4 Å². The van der Waals surface area contributed by atoms with Crippen LogP contribution in [0.1, 0.15) is 16.7 Å². The van der Waals surface area contributed by atoms with Gasteiger partial charge in [0.2, 0.25) is 5.91 Å². The molecule has 7 heteroatoms. The van der Waals surface area contributed by atoms with Gasteiger partial charge in [0.15, 0.2) is 6.04 Å². The molecule has 3 aromatic carbocycles. The highest BCUT2D eigenvalue weighted by molar-refractivity contribution is 9.10. The van der Waals surface area contributed by atoms with Crippen molar-refractivity contribution in [1.29, 1.82) is 0 Å². The number of hydrogen-bond donors (Lipinski definition) is 3. The Bertz CT molecular complexity index is 991. The van der Waals surface area contributed by atoms with E-state index in [1.807, 2.05) is 91.0 Å². The Morgan fingerprint density at radius 3 is 1.42 bits per heavy atom. The first-order chi connectivity index (χ1) is 16.0. The molecule has 0 saturated carbocycles. The van der Waals surface area contributed by atoms with E-state index in [2.05, 4.69) is 31.9 Å². The van der Waals surface area contributed by atoms with E-state index in [-0.39, 0.29) is 13.1 Å². The molecule has 0 aromatic heterocycles. The second-order valence-electron chi connectivity index (χ2n) is 7.51. The second-order valence-corrected chi connectivity index (χ2v) is 8.61. The standard InChI is InChI=1S/C26H26BrN3O3/c27-22(16-19-10-4-1-5-11-19)24(31)30-23(25(32)28-17-20-12-6-2-7-13-20)26(33)29-18-21-14-8-3-9-15-21/h1-15,22-23H,16-18H2,(H,28,32)(H,29,33)(H,30,31)/t22-/m1/s1. The largest absolute Gasteiger partial charge is 0.350 e. The summed E-state index contributed by atoms with van der Waals surface area (Å²) >= 11 is 3.38. The van der Waals surface area contributed by atoms with Crippen molar-refractivity contribution in [3.63, 3.8) is 0 Å². The molecule has 0 spiro atoms. The molecule has 3 rings (SSSR count). The lowest BCUT2D eigenvalue weighted by Gasteiger charge is -2.20. The molecule has 3 N–H and O–H groups in total. The van der Waals surface area contributed by atoms with E-state index in [4.69, 9.17) is 0 Å². The Morgan fingerprint density at radius 2 is 1.00 bits per heavy atom. The van der Waals surface area contributed by atoms with Gasteiger partial charge in [0.1, 0.15) is 0 Å². The highest BCUT2D eigenvalue weighted by atomic mass is 79.9. The number of hydrogen-bond acceptors (Lipinski definition) is 3. The average Bonchev–Trinajstić information content (AvgIpc) is 2.86. The predicted molar refractivity (Wildman–Crippen MR) is 131 cm³/mol. The van der Waals surface area contributed by atoms with Crippen LogP contribution in [0, 0.1) is 0 Å². The van der Waals surface area contributed by atoms with Crippen molar-refractivity contribution in [2.24, 2.45) is 0 Å². The molecule has 3 amide bonds. The van der Waals surface area contributed by atoms with Crippen LogP contribution < -0.4 is 16.0 Å². The Balaban J connectivity index is 1.65. The molecule has 170 valence electrons. The molecule has 0 unspecified atom stereocenters. The van der Waals surface area contributed by atoms with Gasteiger partial charge in [-0.3, -0.25) is 14.4 Å². The normalized spacial score (nSPS) is 11.5. The Morgan fingerprint density at radius 1 is 0.606 bits per heavy atom. The summed E-state index contributed by atoms with van der Waals surface area (Å²) in [6.45, 7) is 0.500. The Hall–Kier alpha value is -3.45. The van der Waals surface area contributed by atoms with Crippen LogP contribution >= 0.6 is 15.9 Å². The molecule has 33 heavy (non-hydrogen) atoms. The van der Waals surface area contributed by atoms with Crippen molar-refractivity contribution in [1.82, 2.24) is 16.0 Å². The first-order valence-electron chi connectivity index (χ1n) is 10.6. The molecule has 0 aliphatic rings. The van der Waals surface area contributed by atoms with Crippen LogP contribution in [-0.2, 0) is 33.9 Å². The SMILES string of the molecule is O=C(NCc1ccccc1)C(NC(=O)[C@H](Br)Cc1ccccc1)C(=O)NCc1ccccc1. The van der Waals surface area contributed by atoms with Gasteiger partial charge in [-0.15, -0.1) is 0 Å². The van der Waals surface area contributed by atoms with Gasteiger partial charge in [0, 0.05) is 13.1 Å². The van der Waals surface area contributed by atoms with E-state index in [1.54, 1.807) is 0 Å². The smallest absolute Gasteiger partial charge is 0.252 e. The van der Waals surface area contributed by atoms with E-state index in [0.717, 1.165) is 16.7 Å². The summed E-state index contributed by atoms with van der Waals surface area (Å²) in [4.78, 5) is 38.0. The van der Waals surface area contributed by atoms with Crippen molar-refractivity contribution >= 4 is 33.7 Å². The minimum Gasteiger partial charge on any atom is -0.350 e. The molecule has 0 heterocycles. The maximum Gasteiger partial charge on any atom is 0.252 e. The molecule has 0 fully saturated rings. The Labute approximate surface area is 201 Å². The number of halogens is 1. The minimum absolute atomic E-state index is 0.250. The molecule has 3 aromatic rings. The summed E-state index contributed by atoms with van der Waals surface area (Å²) in [6.07, 6.45) is 0.427. The fourth-order valence-electron chi connectivity index (χ4n) is 3.17. The van der Waals surface area contributed by atoms with Crippen molar-refractivity contribution in [3.05, 3.63) is 108 Å². The zero-order chi connectivity index (χ0) is 23.5. The fourth-order valence-corrected chi connectivity index (χ4v) is 3.68. The van der Waals surface area contributed by atoms with Crippen LogP contribution in [0.3, 0.4) is 0 Å². The zero-order valence-corrected chi connectivity index (χ0v) is 19.6. The van der Waals surface area contributed by atoms with Gasteiger partial charge in [-0.05, 0) is 23.1 Å². The van der Waals surface area contributed by atoms with Crippen LogP contribution in [0.2, 0.25) is 0 Å². The van der Waals surface area contributed by atoms with Gasteiger partial charge in [-0.1, -0.05) is 107 Å². The number of carbonyl (C=O) groups excluding carboxylic acids is 3. The third-order valence-corrected chi connectivity index (χ3v) is 5.71. The molecular formula is C26H26BrN3O3. The summed E-state index contributed by atoms with van der Waals surface area (Å²) in [7, 11) is 0. The third kappa shape index (κ3) is 7.88. The molecule has 0 saturated heterocycles. The first-order valence-corrected chi connectivity index (χ1v) is 11.6. The lowest BCUT2D eigenvalue weighted by molar-refractivity contribution is -0.136. The van der Waals surface area contributed by atoms with Gasteiger partial charge in [-0.25, -0.2) is 0 Å². The van der Waals surface area contributed by atoms with Crippen LogP contribution in [0.25, 0.3) is 0 Å². The van der Waals surface area contributed by atoms with Crippen molar-refractivity contribution in [3.8, 4) is 0 Å². The fraction of sp³-hybridized carbons (Fsp3) is 0.192. The highest BCUT2D eigenvalue weighted by Crippen LogP contribution is 2.11. The van der Waals surface area contributed by atoms with E-state index >= 15 is 0 Å². The monoisotopic (exact) mass is 507 g/mol. The number of carbonyl (C=O) groups is 3. The van der Waals surface area contributed by atoms with Crippen LogP contribution in [-0.4, -0.2) is 28.6 Å². The molecule has 0 aliphatic heterocycles. The third-order valence-electron chi connectivity index (χ3n) is 4.97. The molecule has 0 aliphatic carbocycles. The summed E-state index contributed by atoms with van der Waals surface area (Å²) in [5.74, 6) is -1.58. The lowest BCUT2D eigenvalue weighted by Crippen LogP contribution is -2.56. The van der Waals surface area contributed by atoms with Crippen LogP contribution in [0.4, 0.5) is 0 Å². The van der Waals surface area contributed by atoms with Gasteiger partial charge in [0.25, 0.3) is 11.8 Å². The Kier molecular flexibility index (Phi) is 9.20. The second kappa shape index (κ2) is 12.6. The summed E-state index contributed by atoms with van der Waals surface area (Å²) < 4.78 is 0. The van der Waals surface area contributed by atoms with Crippen LogP contribution in [0.15, 0.2) is 91.0 Å². The number of nitrogens with one attached hydrogen (secondary N) is 3.